The number of sulfonamides is 1. The number of morpholine rings is 1. The lowest BCUT2D eigenvalue weighted by Crippen LogP contribution is -2.41. The summed E-state index contributed by atoms with van der Waals surface area (Å²) in [6, 6.07) is 15.7. The maximum absolute atomic E-state index is 12.8. The number of benzene rings is 2. The fourth-order valence-electron chi connectivity index (χ4n) is 4.32. The predicted molar refractivity (Wildman–Crippen MR) is 128 cm³/mol. The molecule has 0 bridgehead atoms. The molecule has 1 aromatic heterocycles. The van der Waals surface area contributed by atoms with Crippen LogP contribution in [0.5, 0.6) is 0 Å². The summed E-state index contributed by atoms with van der Waals surface area (Å²) in [6.07, 6.45) is 1.67. The van der Waals surface area contributed by atoms with Crippen LogP contribution in [0.3, 0.4) is 0 Å². The molecule has 1 N–H and O–H groups in total. The zero-order valence-electron chi connectivity index (χ0n) is 19.2. The minimum Gasteiger partial charge on any atom is -0.379 e. The van der Waals surface area contributed by atoms with E-state index in [0.717, 1.165) is 18.5 Å². The van der Waals surface area contributed by atoms with Crippen molar-refractivity contribution in [2.75, 3.05) is 44.7 Å². The lowest BCUT2D eigenvalue weighted by Gasteiger charge is -2.31. The van der Waals surface area contributed by atoms with Crippen molar-refractivity contribution in [3.8, 4) is 11.4 Å². The van der Waals surface area contributed by atoms with Crippen LogP contribution >= 0.6 is 0 Å². The van der Waals surface area contributed by atoms with E-state index in [0.29, 0.717) is 56.7 Å². The number of carbonyl (C=O) groups excluding carboxylic acids is 1. The van der Waals surface area contributed by atoms with E-state index < -0.39 is 10.0 Å². The number of piperidine rings is 1. The Morgan fingerprint density at radius 1 is 1.00 bits per heavy atom. The number of carbonyl (C=O) groups is 1. The third kappa shape index (κ3) is 5.21. The maximum atomic E-state index is 12.8. The van der Waals surface area contributed by atoms with E-state index >= 15 is 0 Å². The number of nitrogens with zero attached hydrogens (tertiary/aromatic N) is 4. The number of nitrogens with one attached hydrogen (secondary N) is 1. The number of likely N-dealkylation sites (tertiary alicyclic amines) is 1. The minimum absolute atomic E-state index is 0.0625. The van der Waals surface area contributed by atoms with Crippen molar-refractivity contribution in [1.82, 2.24) is 19.3 Å². The van der Waals surface area contributed by atoms with Crippen LogP contribution in [0.1, 0.15) is 24.7 Å². The number of ether oxygens (including phenoxy) is 1. The summed E-state index contributed by atoms with van der Waals surface area (Å²) in [5, 5.41) is 7.02. The molecule has 3 heterocycles. The third-order valence-corrected chi connectivity index (χ3v) is 8.16. The van der Waals surface area contributed by atoms with E-state index in [1.807, 2.05) is 30.3 Å². The Kier molecular flexibility index (Phi) is 6.80. The van der Waals surface area contributed by atoms with E-state index in [-0.39, 0.29) is 16.8 Å². The highest BCUT2D eigenvalue weighted by atomic mass is 32.2. The summed E-state index contributed by atoms with van der Waals surface area (Å²) < 4.78 is 37.9. The van der Waals surface area contributed by atoms with Gasteiger partial charge in [0.25, 0.3) is 0 Å². The Labute approximate surface area is 203 Å². The molecule has 5 rings (SSSR count). The fraction of sp³-hybridized carbons (Fsp3) is 0.375. The van der Waals surface area contributed by atoms with Gasteiger partial charge in [-0.2, -0.15) is 9.29 Å². The molecule has 0 saturated carbocycles. The van der Waals surface area contributed by atoms with Crippen molar-refractivity contribution >= 4 is 21.7 Å². The van der Waals surface area contributed by atoms with E-state index in [1.54, 1.807) is 29.2 Å². The second kappa shape index (κ2) is 10.1. The maximum Gasteiger partial charge on any atom is 0.321 e. The zero-order valence-corrected chi connectivity index (χ0v) is 20.0. The predicted octanol–water partition coefficient (Wildman–Crippen LogP) is 3.17. The van der Waals surface area contributed by atoms with Gasteiger partial charge in [0.1, 0.15) is 0 Å². The molecule has 1 atom stereocenters. The second-order valence-electron chi connectivity index (χ2n) is 8.58. The first kappa shape index (κ1) is 23.5. The molecule has 11 heteroatoms. The molecule has 2 saturated heterocycles. The highest BCUT2D eigenvalue weighted by Gasteiger charge is 2.29. The van der Waals surface area contributed by atoms with Crippen LogP contribution in [-0.2, 0) is 14.8 Å². The summed E-state index contributed by atoms with van der Waals surface area (Å²) in [4.78, 5) is 19.2. The van der Waals surface area contributed by atoms with E-state index in [4.69, 9.17) is 9.26 Å². The Balaban J connectivity index is 1.25. The molecule has 2 aromatic carbocycles. The van der Waals surface area contributed by atoms with Crippen molar-refractivity contribution in [2.45, 2.75) is 23.7 Å². The molecule has 0 radical (unpaired) electrons. The molecular weight excluding hydrogens is 470 g/mol. The SMILES string of the molecule is O=C(Nc1ccccc1)N1CCC[C@H](c2nc(-c3ccc(S(=O)(=O)N4CCOCC4)cc3)no2)C1. The van der Waals surface area contributed by atoms with Gasteiger partial charge in [0, 0.05) is 37.4 Å². The van der Waals surface area contributed by atoms with Crippen LogP contribution in [0.15, 0.2) is 64.0 Å². The number of hydrogen-bond donors (Lipinski definition) is 1. The minimum atomic E-state index is -3.56. The summed E-state index contributed by atoms with van der Waals surface area (Å²) in [6.45, 7) is 2.64. The molecule has 3 aromatic rings. The molecular formula is C24H27N5O5S. The van der Waals surface area contributed by atoms with E-state index in [2.05, 4.69) is 15.5 Å². The van der Waals surface area contributed by atoms with Gasteiger partial charge in [-0.3, -0.25) is 0 Å². The standard InChI is InChI=1S/C24H27N5O5S/c30-24(25-20-6-2-1-3-7-20)28-12-4-5-19(17-28)23-26-22(27-34-23)18-8-10-21(11-9-18)35(31,32)29-13-15-33-16-14-29/h1-3,6-11,19H,4-5,12-17H2,(H,25,30)/t19-/m0/s1. The first-order valence-electron chi connectivity index (χ1n) is 11.6. The van der Waals surface area contributed by atoms with Crippen LogP contribution < -0.4 is 5.32 Å². The van der Waals surface area contributed by atoms with Crippen molar-refractivity contribution in [2.24, 2.45) is 0 Å². The van der Waals surface area contributed by atoms with Gasteiger partial charge in [0.05, 0.1) is 24.0 Å². The lowest BCUT2D eigenvalue weighted by atomic mass is 9.98. The van der Waals surface area contributed by atoms with Gasteiger partial charge in [0.2, 0.25) is 21.7 Å². The number of aromatic nitrogens is 2. The summed E-state index contributed by atoms with van der Waals surface area (Å²) >= 11 is 0. The average molecular weight is 498 g/mol. The van der Waals surface area contributed by atoms with E-state index in [1.165, 1.54) is 4.31 Å². The zero-order chi connectivity index (χ0) is 24.3. The third-order valence-electron chi connectivity index (χ3n) is 6.24. The highest BCUT2D eigenvalue weighted by Crippen LogP contribution is 2.28. The topological polar surface area (TPSA) is 118 Å². The largest absolute Gasteiger partial charge is 0.379 e. The molecule has 2 fully saturated rings. The Bertz CT molecular complexity index is 1260. The van der Waals surface area contributed by atoms with Gasteiger partial charge in [-0.15, -0.1) is 0 Å². The lowest BCUT2D eigenvalue weighted by molar-refractivity contribution is 0.0730. The number of rotatable bonds is 5. The molecule has 0 unspecified atom stereocenters. The molecule has 0 spiro atoms. The van der Waals surface area contributed by atoms with Gasteiger partial charge in [-0.25, -0.2) is 13.2 Å². The smallest absolute Gasteiger partial charge is 0.321 e. The quantitative estimate of drug-likeness (QED) is 0.575. The number of anilines is 1. The van der Waals surface area contributed by atoms with Crippen LogP contribution in [0, 0.1) is 0 Å². The summed E-state index contributed by atoms with van der Waals surface area (Å²) in [5.41, 5.74) is 1.41. The first-order valence-corrected chi connectivity index (χ1v) is 13.1. The number of urea groups is 1. The number of hydrogen-bond acceptors (Lipinski definition) is 7. The molecule has 2 aliphatic rings. The van der Waals surface area contributed by atoms with Gasteiger partial charge in [-0.05, 0) is 49.2 Å². The van der Waals surface area contributed by atoms with Crippen molar-refractivity contribution in [3.05, 3.63) is 60.5 Å². The normalized spacial score (nSPS) is 19.4. The fourth-order valence-corrected chi connectivity index (χ4v) is 5.73. The Morgan fingerprint density at radius 3 is 2.49 bits per heavy atom. The van der Waals surface area contributed by atoms with Crippen molar-refractivity contribution < 1.29 is 22.5 Å². The van der Waals surface area contributed by atoms with Gasteiger partial charge < -0.3 is 19.5 Å². The van der Waals surface area contributed by atoms with Gasteiger partial charge in [0.15, 0.2) is 0 Å². The monoisotopic (exact) mass is 497 g/mol. The van der Waals surface area contributed by atoms with Crippen LogP contribution in [0.25, 0.3) is 11.4 Å². The molecule has 10 nitrogen and oxygen atoms in total. The average Bonchev–Trinajstić information content (AvgIpc) is 3.40. The molecule has 0 aliphatic carbocycles. The van der Waals surface area contributed by atoms with Gasteiger partial charge in [-0.1, -0.05) is 23.4 Å². The second-order valence-corrected chi connectivity index (χ2v) is 10.5. The summed E-state index contributed by atoms with van der Waals surface area (Å²) in [5.74, 6) is 0.802. The van der Waals surface area contributed by atoms with Gasteiger partial charge >= 0.3 is 6.03 Å². The van der Waals surface area contributed by atoms with Crippen LogP contribution in [-0.4, -0.2) is 73.2 Å². The first-order chi connectivity index (χ1) is 17.0. The van der Waals surface area contributed by atoms with Crippen LogP contribution in [0.2, 0.25) is 0 Å². The Hall–Kier alpha value is -3.28. The van der Waals surface area contributed by atoms with Crippen LogP contribution in [0.4, 0.5) is 10.5 Å². The molecule has 35 heavy (non-hydrogen) atoms. The summed E-state index contributed by atoms with van der Waals surface area (Å²) in [7, 11) is -3.56. The number of para-hydroxylation sites is 1. The molecule has 2 amide bonds. The van der Waals surface area contributed by atoms with Crippen molar-refractivity contribution in [3.63, 3.8) is 0 Å². The molecule has 2 aliphatic heterocycles. The van der Waals surface area contributed by atoms with Crippen molar-refractivity contribution in [1.29, 1.82) is 0 Å². The number of amides is 2. The highest BCUT2D eigenvalue weighted by molar-refractivity contribution is 7.89. The molecule has 184 valence electrons. The Morgan fingerprint density at radius 2 is 1.74 bits per heavy atom. The van der Waals surface area contributed by atoms with E-state index in [9.17, 15) is 13.2 Å².